The first-order valence-electron chi connectivity index (χ1n) is 8.83. The molecule has 10 heteroatoms. The van der Waals surface area contributed by atoms with Gasteiger partial charge in [0, 0.05) is 34.8 Å². The summed E-state index contributed by atoms with van der Waals surface area (Å²) in [6, 6.07) is 8.59. The van der Waals surface area contributed by atoms with Gasteiger partial charge in [0.25, 0.3) is 0 Å². The third kappa shape index (κ3) is 6.57. The van der Waals surface area contributed by atoms with Crippen molar-refractivity contribution in [1.82, 2.24) is 9.97 Å². The van der Waals surface area contributed by atoms with Crippen LogP contribution < -0.4 is 9.88 Å². The number of nitrogens with two attached hydrogens (primary N) is 1. The molecular weight excluding hydrogens is 426 g/mol. The molecule has 0 unspecified atom stereocenters. The van der Waals surface area contributed by atoms with E-state index in [9.17, 15) is 8.42 Å². The molecule has 30 heavy (non-hydrogen) atoms. The van der Waals surface area contributed by atoms with Crippen LogP contribution in [0.2, 0.25) is 0 Å². The van der Waals surface area contributed by atoms with Gasteiger partial charge < -0.3 is 4.74 Å². The van der Waals surface area contributed by atoms with Crippen LogP contribution >= 0.6 is 11.3 Å². The Morgan fingerprint density at radius 2 is 1.90 bits per heavy atom. The number of ether oxygens (including phenoxy) is 1. The zero-order valence-corrected chi connectivity index (χ0v) is 18.3. The van der Waals surface area contributed by atoms with Crippen LogP contribution in [-0.2, 0) is 26.0 Å². The van der Waals surface area contributed by atoms with Gasteiger partial charge in [-0.25, -0.2) is 18.5 Å². The maximum Gasteiger partial charge on any atom is 0.373 e. The van der Waals surface area contributed by atoms with Gasteiger partial charge in [-0.05, 0) is 51.1 Å². The third-order valence-electron chi connectivity index (χ3n) is 3.82. The molecule has 158 valence electrons. The lowest BCUT2D eigenvalue weighted by molar-refractivity contribution is -0.191. The highest BCUT2D eigenvalue weighted by molar-refractivity contribution is 7.89. The first-order valence-corrected chi connectivity index (χ1v) is 11.3. The quantitative estimate of drug-likeness (QED) is 0.615. The number of benzene rings is 1. The fourth-order valence-electron chi connectivity index (χ4n) is 2.55. The van der Waals surface area contributed by atoms with Crippen LogP contribution in [0.4, 0.5) is 0 Å². The summed E-state index contributed by atoms with van der Waals surface area (Å²) >= 11 is 1.51. The average molecular weight is 448 g/mol. The van der Waals surface area contributed by atoms with Crippen molar-refractivity contribution >= 4 is 27.5 Å². The van der Waals surface area contributed by atoms with Crippen LogP contribution in [0.1, 0.15) is 30.1 Å². The number of hydrogen-bond donors (Lipinski definition) is 1. The number of pyridine rings is 1. The van der Waals surface area contributed by atoms with Crippen molar-refractivity contribution in [3.05, 3.63) is 58.2 Å². The lowest BCUT2D eigenvalue weighted by Crippen LogP contribution is -2.13. The molecular formula is C20H21N3O5S2. The van der Waals surface area contributed by atoms with Crippen molar-refractivity contribution in [2.24, 2.45) is 5.14 Å². The van der Waals surface area contributed by atoms with Crippen LogP contribution in [0.3, 0.4) is 0 Å². The molecule has 0 aliphatic heterocycles. The molecule has 0 spiro atoms. The Kier molecular flexibility index (Phi) is 7.96. The van der Waals surface area contributed by atoms with E-state index in [-0.39, 0.29) is 17.2 Å². The van der Waals surface area contributed by atoms with E-state index in [4.69, 9.17) is 19.5 Å². The molecule has 0 atom stereocenters. The predicted octanol–water partition coefficient (Wildman–Crippen LogP) is 2.96. The lowest BCUT2D eigenvalue weighted by atomic mass is 10.1. The molecule has 0 fully saturated rings. The fourth-order valence-corrected chi connectivity index (χ4v) is 3.94. The van der Waals surface area contributed by atoms with E-state index in [1.54, 1.807) is 18.3 Å². The van der Waals surface area contributed by atoms with Gasteiger partial charge in [0.2, 0.25) is 10.0 Å². The van der Waals surface area contributed by atoms with Crippen molar-refractivity contribution in [2.45, 2.75) is 38.2 Å². The average Bonchev–Trinajstić information content (AvgIpc) is 3.11. The van der Waals surface area contributed by atoms with Gasteiger partial charge >= 0.3 is 6.15 Å². The number of thiazole rings is 1. The lowest BCUT2D eigenvalue weighted by Gasteiger charge is -2.14. The van der Waals surface area contributed by atoms with Crippen LogP contribution in [0, 0.1) is 6.92 Å². The molecule has 0 saturated carbocycles. The minimum Gasteiger partial charge on any atom is -0.491 e. The summed E-state index contributed by atoms with van der Waals surface area (Å²) in [6.45, 7) is 5.78. The first-order chi connectivity index (χ1) is 14.1. The second-order valence-electron chi connectivity index (χ2n) is 6.56. The van der Waals surface area contributed by atoms with Crippen LogP contribution in [0.5, 0.6) is 5.75 Å². The standard InChI is InChI=1S/C19H21N3O3S2.CO2/c1-12(2)25-18-7-6-16(27(20,23)24)8-15(18)9-19-22-17(11-26-19)14-5-4-13(3)21-10-14;2-1-3/h4-8,10-12H,9H2,1-3H3,(H2,20,23,24);. The minimum atomic E-state index is -3.79. The smallest absolute Gasteiger partial charge is 0.373 e. The Hall–Kier alpha value is -2.91. The molecule has 0 amide bonds. The normalized spacial score (nSPS) is 10.8. The molecule has 2 N–H and O–H groups in total. The monoisotopic (exact) mass is 447 g/mol. The summed E-state index contributed by atoms with van der Waals surface area (Å²) in [5, 5.41) is 8.09. The van der Waals surface area contributed by atoms with Gasteiger partial charge in [0.1, 0.15) is 5.75 Å². The molecule has 8 nitrogen and oxygen atoms in total. The van der Waals surface area contributed by atoms with Gasteiger partial charge in [-0.3, -0.25) is 4.98 Å². The Morgan fingerprint density at radius 1 is 1.20 bits per heavy atom. The summed E-state index contributed by atoms with van der Waals surface area (Å²) < 4.78 is 29.2. The Bertz CT molecular complexity index is 1130. The highest BCUT2D eigenvalue weighted by Crippen LogP contribution is 2.29. The van der Waals surface area contributed by atoms with E-state index in [0.717, 1.165) is 27.5 Å². The largest absolute Gasteiger partial charge is 0.491 e. The number of sulfonamides is 1. The molecule has 2 heterocycles. The molecule has 0 radical (unpaired) electrons. The van der Waals surface area contributed by atoms with Gasteiger partial charge in [-0.15, -0.1) is 11.3 Å². The molecule has 0 aliphatic rings. The van der Waals surface area contributed by atoms with Gasteiger partial charge in [-0.1, -0.05) is 0 Å². The highest BCUT2D eigenvalue weighted by atomic mass is 32.2. The predicted molar refractivity (Wildman–Crippen MR) is 111 cm³/mol. The summed E-state index contributed by atoms with van der Waals surface area (Å²) in [6.07, 6.45) is 2.47. The van der Waals surface area contributed by atoms with E-state index >= 15 is 0 Å². The van der Waals surface area contributed by atoms with Crippen LogP contribution in [0.15, 0.2) is 46.8 Å². The van der Waals surface area contributed by atoms with Crippen molar-refractivity contribution in [3.8, 4) is 17.0 Å². The number of rotatable bonds is 6. The van der Waals surface area contributed by atoms with E-state index in [2.05, 4.69) is 9.97 Å². The van der Waals surface area contributed by atoms with Crippen LogP contribution in [0.25, 0.3) is 11.3 Å². The zero-order valence-electron chi connectivity index (χ0n) is 16.7. The summed E-state index contributed by atoms with van der Waals surface area (Å²) in [4.78, 5) is 25.3. The maximum absolute atomic E-state index is 11.7. The van der Waals surface area contributed by atoms with Crippen LogP contribution in [-0.4, -0.2) is 30.6 Å². The molecule has 0 saturated heterocycles. The molecule has 0 bridgehead atoms. The zero-order chi connectivity index (χ0) is 22.3. The van der Waals surface area contributed by atoms with E-state index < -0.39 is 10.0 Å². The number of primary sulfonamides is 1. The summed E-state index contributed by atoms with van der Waals surface area (Å²) in [7, 11) is -3.79. The number of aryl methyl sites for hydroxylation is 1. The number of aromatic nitrogens is 2. The van der Waals surface area contributed by atoms with Crippen molar-refractivity contribution in [2.75, 3.05) is 0 Å². The fraction of sp³-hybridized carbons (Fsp3) is 0.250. The highest BCUT2D eigenvalue weighted by Gasteiger charge is 2.15. The topological polar surface area (TPSA) is 129 Å². The molecule has 2 aromatic heterocycles. The Balaban J connectivity index is 0.00000101. The molecule has 0 aliphatic carbocycles. The second kappa shape index (κ2) is 10.2. The van der Waals surface area contributed by atoms with E-state index in [1.165, 1.54) is 17.4 Å². The number of carbonyl (C=O) groups excluding carboxylic acids is 2. The number of hydrogen-bond acceptors (Lipinski definition) is 8. The second-order valence-corrected chi connectivity index (χ2v) is 9.06. The van der Waals surface area contributed by atoms with Gasteiger partial charge in [0.05, 0.1) is 21.7 Å². The molecule has 3 aromatic rings. The maximum atomic E-state index is 11.7. The van der Waals surface area contributed by atoms with Gasteiger partial charge in [0.15, 0.2) is 0 Å². The SMILES string of the molecule is Cc1ccc(-c2csc(Cc3cc(S(N)(=O)=O)ccc3OC(C)C)n2)cn1.O=C=O. The summed E-state index contributed by atoms with van der Waals surface area (Å²) in [5.41, 5.74) is 3.47. The first kappa shape index (κ1) is 23.4. The Labute approximate surface area is 178 Å². The van der Waals surface area contributed by atoms with E-state index in [1.807, 2.05) is 38.3 Å². The van der Waals surface area contributed by atoms with Gasteiger partial charge in [-0.2, -0.15) is 9.59 Å². The third-order valence-corrected chi connectivity index (χ3v) is 5.58. The number of nitrogens with zero attached hydrogens (tertiary/aromatic N) is 2. The van der Waals surface area contributed by atoms with Crippen molar-refractivity contribution in [1.29, 1.82) is 0 Å². The van der Waals surface area contributed by atoms with Crippen molar-refractivity contribution < 1.29 is 22.7 Å². The molecule has 3 rings (SSSR count). The Morgan fingerprint density at radius 3 is 2.47 bits per heavy atom. The summed E-state index contributed by atoms with van der Waals surface area (Å²) in [5.74, 6) is 0.631. The minimum absolute atomic E-state index is 0.0328. The van der Waals surface area contributed by atoms with Crippen molar-refractivity contribution in [3.63, 3.8) is 0 Å². The van der Waals surface area contributed by atoms with E-state index in [0.29, 0.717) is 12.2 Å². The molecule has 1 aromatic carbocycles.